The van der Waals surface area contributed by atoms with Gasteiger partial charge in [0.15, 0.2) is 67.0 Å². The van der Waals surface area contributed by atoms with Gasteiger partial charge >= 0.3 is 29.8 Å². The van der Waals surface area contributed by atoms with Crippen LogP contribution in [0, 0.1) is 50.2 Å². The minimum absolute atomic E-state index is 0.0177. The average molecular weight is 1910 g/mol. The first-order valence-electron chi connectivity index (χ1n) is 44.9. The van der Waals surface area contributed by atoms with Crippen LogP contribution in [0.3, 0.4) is 0 Å². The van der Waals surface area contributed by atoms with Crippen molar-refractivity contribution in [1.82, 2.24) is 0 Å². The molecule has 7 saturated heterocycles. The number of fused-ring (bicyclic) bond motifs is 7. The summed E-state index contributed by atoms with van der Waals surface area (Å²) in [4.78, 5) is 70.5. The van der Waals surface area contributed by atoms with Crippen LogP contribution in [0.25, 0.3) is 6.08 Å². The fourth-order valence-corrected chi connectivity index (χ4v) is 23.1. The van der Waals surface area contributed by atoms with Gasteiger partial charge in [0, 0.05) is 11.5 Å². The maximum absolute atomic E-state index is 16.8. The van der Waals surface area contributed by atoms with Crippen molar-refractivity contribution >= 4 is 35.9 Å². The molecule has 21 N–H and O–H groups in total. The third-order valence-corrected chi connectivity index (χ3v) is 30.6. The number of carbonyl (C=O) groups excluding carboxylic acids is 3. The summed E-state index contributed by atoms with van der Waals surface area (Å²) in [6, 6.07) is 3.00. The predicted molar refractivity (Wildman–Crippen MR) is 440 cm³/mol. The van der Waals surface area contributed by atoms with Crippen molar-refractivity contribution in [2.24, 2.45) is 50.2 Å². The Hall–Kier alpha value is -5.83. The van der Waals surface area contributed by atoms with Crippen molar-refractivity contribution in [3.8, 4) is 17.2 Å². The van der Waals surface area contributed by atoms with Crippen LogP contribution in [0.1, 0.15) is 139 Å². The Morgan fingerprint density at radius 1 is 0.541 bits per heavy atom. The van der Waals surface area contributed by atoms with Crippen LogP contribution in [0.4, 0.5) is 0 Å². The highest BCUT2D eigenvalue weighted by molar-refractivity contribution is 5.87. The maximum atomic E-state index is 16.8. The van der Waals surface area contributed by atoms with Crippen LogP contribution < -0.4 is 14.2 Å². The molecule has 754 valence electrons. The Morgan fingerprint density at radius 2 is 1.09 bits per heavy atom. The largest absolute Gasteiger partial charge is 0.493 e. The molecule has 0 radical (unpaired) electrons. The highest BCUT2D eigenvalue weighted by Gasteiger charge is 2.75. The van der Waals surface area contributed by atoms with Gasteiger partial charge in [-0.1, -0.05) is 39.3 Å². The Morgan fingerprint density at radius 3 is 1.68 bits per heavy atom. The molecule has 45 nitrogen and oxygen atoms in total. The van der Waals surface area contributed by atoms with E-state index >= 15 is 4.79 Å². The summed E-state index contributed by atoms with van der Waals surface area (Å²) in [7, 11) is 4.09. The monoisotopic (exact) mass is 1910 g/mol. The molecule has 11 fully saturated rings. The summed E-state index contributed by atoms with van der Waals surface area (Å²) >= 11 is 0. The number of benzene rings is 1. The number of carboxylic acid groups (broad SMARTS) is 2. The van der Waals surface area contributed by atoms with Crippen LogP contribution in [0.5, 0.6) is 17.2 Å². The molecule has 12 aliphatic rings. The van der Waals surface area contributed by atoms with Crippen LogP contribution in [-0.2, 0) is 99.8 Å². The van der Waals surface area contributed by atoms with Crippen LogP contribution in [-0.4, -0.2) is 412 Å². The fourth-order valence-electron chi connectivity index (χ4n) is 23.1. The predicted octanol–water partition coefficient (Wildman–Crippen LogP) is -4.74. The second-order valence-corrected chi connectivity index (χ2v) is 39.7. The smallest absolute Gasteiger partial charge is 0.331 e. The average Bonchev–Trinajstić information content (AvgIpc) is 1.14. The molecule has 5 aliphatic carbocycles. The molecule has 0 unspecified atom stereocenters. The minimum Gasteiger partial charge on any atom is -0.493 e. The van der Waals surface area contributed by atoms with E-state index in [9.17, 15) is 126 Å². The molecule has 45 heteroatoms. The van der Waals surface area contributed by atoms with Gasteiger partial charge in [0.2, 0.25) is 12.0 Å². The van der Waals surface area contributed by atoms with E-state index in [1.54, 1.807) is 0 Å². The normalized spacial score (nSPS) is 46.8. The lowest BCUT2D eigenvalue weighted by molar-refractivity contribution is -0.398. The van der Waals surface area contributed by atoms with E-state index < -0.39 is 347 Å². The summed E-state index contributed by atoms with van der Waals surface area (Å²) in [6.07, 6.45) is -59.3. The standard InChI is InChI=1S/C88H132O45/c1-35-52(97)56(101)60(105)73(121-35)130-68-65(127-50(95)16-13-38-23-42(115-10)66(117-12)43(24-38)116-11)37(3)123-77(133-80(112)86-20-19-81(4,5)25-40(86)39-14-15-47-83(7)26-41(92)71(132-75-62(107)58(103)54(99)45(30-90)125-75)85(9,79(110)111)48(83)17-18-84(47,8)87(39,32-91)22-21-86)69(68)131-76-63(108)67(129-78-70(109)88(114,34-120-78)33-119-51(96)28-82(6,113)27-49(93)94)64(36(2)122-76)128-72-59(104)55(100)46(31-118-72)126-74-61(106)57(102)53(98)44(29-89)124-74/h13-14,16,23-24,35-37,40-41,44-48,52-65,67-78,89-92,97-109,113-114H,15,17-22,25-34H2,1-12H3,(H,93,94)(H,110,111)/t35-,36-,37+,40-,41-,44+,45+,46+,47+,48+,52-,53-,54+,55-,56+,57-,58-,59+,60+,61+,62+,63+,64-,65-,67-,68-,69+,70-,71-,72-,73+,74-,75-,76-,77-,78-,82-,83+,84+,85-,86-,87-,88+/m0/s1. The Labute approximate surface area is 765 Å². The highest BCUT2D eigenvalue weighted by atomic mass is 16.8. The SMILES string of the molecule is COc1cc(C=CC(=O)O[C@@H]2[C@H](O[C@H]3O[C@@H](C)[C@H](O)[C@@H](O)[C@H]3O)[C@@H](O[C@@H]3O[C@@H](C)[C@H](O[C@@H]4OC[C@@H](O[C@@H]5O[C@H](CO)[C@H](O)[C@H](O)[C@H]5O)[C@H](O)[C@H]4O)[C@@H](O[C@@H]4OC[C@](O)(COC(=O)C[C@@](C)(O)CC(=O)O)[C@H]4O)[C@H]3O)[C@H](OC(=O)[C@]34CCC(C)(C)C[C@H]3C3=CC[C@@H]5[C@@]6(C)C[C@H](O)[C@H](O[C@@H]7O[C@H](CO)[C@@H](O)[C@H](O)[C@H]7O)[C@@](C)(C(=O)O)[C@@H]6CC[C@@]5(C)[C@]3(CO)CC4)O[C@@H]2C)cc(OC)c1OC. The summed E-state index contributed by atoms with van der Waals surface area (Å²) in [6.45, 7) is 9.47. The number of hydrogen-bond donors (Lipinski definition) is 21. The third kappa shape index (κ3) is 19.6. The van der Waals surface area contributed by atoms with E-state index in [-0.39, 0.29) is 68.6 Å². The van der Waals surface area contributed by atoms with Crippen molar-refractivity contribution in [3.05, 3.63) is 35.4 Å². The molecule has 13 rings (SSSR count). The van der Waals surface area contributed by atoms with Crippen molar-refractivity contribution in [2.75, 3.05) is 61.0 Å². The van der Waals surface area contributed by atoms with Gasteiger partial charge < -0.3 is 197 Å². The van der Waals surface area contributed by atoms with Gasteiger partial charge in [0.05, 0.1) is 108 Å². The van der Waals surface area contributed by atoms with Crippen LogP contribution in [0.2, 0.25) is 0 Å². The number of ether oxygens (including phenoxy) is 19. The van der Waals surface area contributed by atoms with Gasteiger partial charge in [0.1, 0.15) is 129 Å². The first-order chi connectivity index (χ1) is 62.4. The number of aliphatic hydroxyl groups is 19. The molecule has 43 atom stereocenters. The molecule has 4 saturated carbocycles. The molecular formula is C88H132O45. The highest BCUT2D eigenvalue weighted by Crippen LogP contribution is 2.76. The number of carbonyl (C=O) groups is 5. The van der Waals surface area contributed by atoms with Crippen molar-refractivity contribution in [2.45, 2.75) is 347 Å². The fraction of sp³-hybridized carbons (Fsp3) is 0.830. The minimum atomic E-state index is -2.62. The van der Waals surface area contributed by atoms with E-state index in [1.165, 1.54) is 67.2 Å². The quantitative estimate of drug-likeness (QED) is 0.0113. The molecule has 1 aromatic carbocycles. The Balaban J connectivity index is 0.870. The van der Waals surface area contributed by atoms with Gasteiger partial charge in [-0.05, 0) is 150 Å². The zero-order valence-electron chi connectivity index (χ0n) is 75.9. The lowest BCUT2D eigenvalue weighted by Crippen LogP contribution is -2.71. The Kier molecular flexibility index (Phi) is 31.8. The number of hydrogen-bond acceptors (Lipinski definition) is 43. The van der Waals surface area contributed by atoms with Gasteiger partial charge in [-0.2, -0.15) is 0 Å². The number of allylic oxidation sites excluding steroid dienone is 1. The van der Waals surface area contributed by atoms with Gasteiger partial charge in [-0.15, -0.1) is 0 Å². The number of rotatable bonds is 30. The zero-order valence-corrected chi connectivity index (χ0v) is 75.9. The second kappa shape index (κ2) is 40.4. The summed E-state index contributed by atoms with van der Waals surface area (Å²) in [5.41, 5.74) is -11.1. The van der Waals surface area contributed by atoms with E-state index in [0.29, 0.717) is 17.6 Å². The molecule has 133 heavy (non-hydrogen) atoms. The molecule has 0 aromatic heterocycles. The summed E-state index contributed by atoms with van der Waals surface area (Å²) in [5, 5.41) is 237. The molecule has 7 aliphatic heterocycles. The van der Waals surface area contributed by atoms with E-state index in [4.69, 9.17) is 90.0 Å². The van der Waals surface area contributed by atoms with Crippen LogP contribution in [0.15, 0.2) is 29.9 Å². The molecule has 0 bridgehead atoms. The number of esters is 3. The lowest BCUT2D eigenvalue weighted by atomic mass is 9.33. The first-order valence-corrected chi connectivity index (χ1v) is 44.9. The topological polar surface area (TPSA) is 686 Å². The molecule has 7 heterocycles. The molecular weight excluding hydrogens is 1780 g/mol. The summed E-state index contributed by atoms with van der Waals surface area (Å²) in [5.74, 6) is -7.73. The lowest BCUT2D eigenvalue weighted by Gasteiger charge is -2.71. The number of aliphatic hydroxyl groups excluding tert-OH is 17. The number of carboxylic acids is 2. The number of methoxy groups -OCH3 is 3. The van der Waals surface area contributed by atoms with Crippen molar-refractivity contribution in [3.63, 3.8) is 0 Å². The molecule has 0 spiro atoms. The van der Waals surface area contributed by atoms with E-state index in [1.807, 2.05) is 33.8 Å². The van der Waals surface area contributed by atoms with E-state index in [0.717, 1.165) is 13.0 Å². The number of aliphatic carboxylic acids is 2. The van der Waals surface area contributed by atoms with Crippen molar-refractivity contribution in [1.29, 1.82) is 0 Å². The third-order valence-electron chi connectivity index (χ3n) is 30.6. The van der Waals surface area contributed by atoms with Gasteiger partial charge in [-0.25, -0.2) is 4.79 Å². The maximum Gasteiger partial charge on any atom is 0.331 e. The van der Waals surface area contributed by atoms with Gasteiger partial charge in [-0.3, -0.25) is 19.2 Å². The summed E-state index contributed by atoms with van der Waals surface area (Å²) < 4.78 is 116. The Bertz CT molecular complexity index is 4260. The molecule has 0 amide bonds. The molecule has 1 aromatic rings. The van der Waals surface area contributed by atoms with Crippen molar-refractivity contribution < 1.29 is 221 Å². The second-order valence-electron chi connectivity index (χ2n) is 39.7. The first kappa shape index (κ1) is 105. The zero-order chi connectivity index (χ0) is 97.5. The van der Waals surface area contributed by atoms with Gasteiger partial charge in [0.25, 0.3) is 0 Å². The van der Waals surface area contributed by atoms with Crippen LogP contribution >= 0.6 is 0 Å². The van der Waals surface area contributed by atoms with E-state index in [2.05, 4.69) is 0 Å².